The van der Waals surface area contributed by atoms with Gasteiger partial charge in [-0.05, 0) is 61.7 Å². The molecular weight excluding hydrogens is 401 g/mol. The Morgan fingerprint density at radius 2 is 1.60 bits per heavy atom. The molecule has 0 radical (unpaired) electrons. The van der Waals surface area contributed by atoms with Crippen molar-refractivity contribution < 1.29 is 13.2 Å². The topological polar surface area (TPSA) is 38.0 Å². The molecule has 20 heavy (non-hydrogen) atoms. The van der Waals surface area contributed by atoms with Gasteiger partial charge in [0.2, 0.25) is 0 Å². The SMILES string of the molecule is NNC(c1ccc(Br)c(F)c1)c1c(F)ccc(Br)c1F. The van der Waals surface area contributed by atoms with Crippen LogP contribution < -0.4 is 11.3 Å². The molecule has 106 valence electrons. The highest BCUT2D eigenvalue weighted by Gasteiger charge is 2.23. The summed E-state index contributed by atoms with van der Waals surface area (Å²) >= 11 is 6.00. The van der Waals surface area contributed by atoms with E-state index in [1.54, 1.807) is 0 Å². The molecule has 0 aliphatic carbocycles. The lowest BCUT2D eigenvalue weighted by Gasteiger charge is -2.19. The van der Waals surface area contributed by atoms with Gasteiger partial charge in [-0.3, -0.25) is 5.84 Å². The Kier molecular flexibility index (Phi) is 4.85. The molecule has 2 nitrogen and oxygen atoms in total. The molecule has 0 spiro atoms. The van der Waals surface area contributed by atoms with Crippen LogP contribution in [-0.2, 0) is 0 Å². The first-order valence-corrected chi connectivity index (χ1v) is 7.08. The van der Waals surface area contributed by atoms with Gasteiger partial charge < -0.3 is 0 Å². The molecule has 0 saturated heterocycles. The van der Waals surface area contributed by atoms with E-state index in [-0.39, 0.29) is 14.5 Å². The second-order valence-electron chi connectivity index (χ2n) is 4.03. The van der Waals surface area contributed by atoms with Crippen molar-refractivity contribution in [1.82, 2.24) is 5.43 Å². The monoisotopic (exact) mass is 408 g/mol. The van der Waals surface area contributed by atoms with Crippen molar-refractivity contribution >= 4 is 31.9 Å². The molecular formula is C13H9Br2F3N2. The third-order valence-corrected chi connectivity index (χ3v) is 4.07. The standard InChI is InChI=1S/C13H9Br2F3N2/c14-7-2-1-6(5-10(7)17)13(20-19)11-9(16)4-3-8(15)12(11)18/h1-5,13,20H,19H2. The summed E-state index contributed by atoms with van der Waals surface area (Å²) in [6.07, 6.45) is 0. The maximum atomic E-state index is 14.1. The summed E-state index contributed by atoms with van der Waals surface area (Å²) in [4.78, 5) is 0. The number of halogens is 5. The van der Waals surface area contributed by atoms with Gasteiger partial charge in [0.25, 0.3) is 0 Å². The van der Waals surface area contributed by atoms with Crippen LogP contribution in [0.15, 0.2) is 39.3 Å². The van der Waals surface area contributed by atoms with Gasteiger partial charge in [0.1, 0.15) is 17.5 Å². The maximum absolute atomic E-state index is 14.1. The molecule has 0 aliphatic rings. The fourth-order valence-electron chi connectivity index (χ4n) is 1.85. The molecule has 3 N–H and O–H groups in total. The zero-order chi connectivity index (χ0) is 14.9. The second-order valence-corrected chi connectivity index (χ2v) is 5.74. The van der Waals surface area contributed by atoms with Crippen LogP contribution in [0.3, 0.4) is 0 Å². The molecule has 0 bridgehead atoms. The first-order valence-electron chi connectivity index (χ1n) is 5.50. The average molecular weight is 410 g/mol. The van der Waals surface area contributed by atoms with Crippen molar-refractivity contribution in [3.63, 3.8) is 0 Å². The van der Waals surface area contributed by atoms with Crippen molar-refractivity contribution in [2.75, 3.05) is 0 Å². The molecule has 0 fully saturated rings. The first kappa shape index (κ1) is 15.5. The number of nitrogens with one attached hydrogen (secondary N) is 1. The van der Waals surface area contributed by atoms with Gasteiger partial charge in [0, 0.05) is 5.56 Å². The minimum Gasteiger partial charge on any atom is -0.271 e. The second kappa shape index (κ2) is 6.26. The molecule has 0 heterocycles. The molecule has 1 atom stereocenters. The number of hydrogen-bond acceptors (Lipinski definition) is 2. The van der Waals surface area contributed by atoms with Crippen LogP contribution in [0.2, 0.25) is 0 Å². The molecule has 0 amide bonds. The van der Waals surface area contributed by atoms with E-state index in [0.717, 1.165) is 12.1 Å². The molecule has 2 rings (SSSR count). The Labute approximate surface area is 130 Å². The minimum atomic E-state index is -1.00. The van der Waals surface area contributed by atoms with Crippen LogP contribution in [0, 0.1) is 17.5 Å². The fourth-order valence-corrected chi connectivity index (χ4v) is 2.44. The number of hydrogen-bond donors (Lipinski definition) is 2. The van der Waals surface area contributed by atoms with Crippen molar-refractivity contribution in [3.8, 4) is 0 Å². The van der Waals surface area contributed by atoms with E-state index in [1.807, 2.05) is 0 Å². The van der Waals surface area contributed by atoms with Crippen molar-refractivity contribution in [2.24, 2.45) is 5.84 Å². The van der Waals surface area contributed by atoms with Crippen LogP contribution in [0.1, 0.15) is 17.2 Å². The van der Waals surface area contributed by atoms with E-state index in [1.165, 1.54) is 18.2 Å². The average Bonchev–Trinajstić information content (AvgIpc) is 2.42. The van der Waals surface area contributed by atoms with Gasteiger partial charge in [0.15, 0.2) is 0 Å². The van der Waals surface area contributed by atoms with Crippen LogP contribution in [0.25, 0.3) is 0 Å². The van der Waals surface area contributed by atoms with Crippen LogP contribution in [0.4, 0.5) is 13.2 Å². The molecule has 0 saturated carbocycles. The summed E-state index contributed by atoms with van der Waals surface area (Å²) in [5.41, 5.74) is 2.34. The molecule has 7 heteroatoms. The van der Waals surface area contributed by atoms with Gasteiger partial charge in [-0.2, -0.15) is 0 Å². The van der Waals surface area contributed by atoms with Gasteiger partial charge in [-0.25, -0.2) is 18.6 Å². The van der Waals surface area contributed by atoms with E-state index < -0.39 is 23.5 Å². The molecule has 2 aromatic rings. The summed E-state index contributed by atoms with van der Waals surface area (Å²) in [5, 5.41) is 0. The lowest BCUT2D eigenvalue weighted by atomic mass is 9.98. The lowest BCUT2D eigenvalue weighted by molar-refractivity contribution is 0.505. The third kappa shape index (κ3) is 2.90. The van der Waals surface area contributed by atoms with E-state index in [9.17, 15) is 13.2 Å². The predicted molar refractivity (Wildman–Crippen MR) is 77.3 cm³/mol. The van der Waals surface area contributed by atoms with Crippen LogP contribution in [-0.4, -0.2) is 0 Å². The van der Waals surface area contributed by atoms with Crippen molar-refractivity contribution in [1.29, 1.82) is 0 Å². The maximum Gasteiger partial charge on any atom is 0.145 e. The molecule has 0 aliphatic heterocycles. The molecule has 2 aromatic carbocycles. The highest BCUT2D eigenvalue weighted by atomic mass is 79.9. The minimum absolute atomic E-state index is 0.103. The van der Waals surface area contributed by atoms with E-state index in [0.29, 0.717) is 5.56 Å². The van der Waals surface area contributed by atoms with Crippen molar-refractivity contribution in [2.45, 2.75) is 6.04 Å². The van der Waals surface area contributed by atoms with Gasteiger partial charge in [0.05, 0.1) is 15.0 Å². The first-order chi connectivity index (χ1) is 9.45. The Morgan fingerprint density at radius 1 is 0.950 bits per heavy atom. The lowest BCUT2D eigenvalue weighted by Crippen LogP contribution is -2.30. The Morgan fingerprint density at radius 3 is 2.20 bits per heavy atom. The number of benzene rings is 2. The predicted octanol–water partition coefficient (Wildman–Crippen LogP) is 4.18. The van der Waals surface area contributed by atoms with Crippen LogP contribution in [0.5, 0.6) is 0 Å². The zero-order valence-electron chi connectivity index (χ0n) is 9.93. The fraction of sp³-hybridized carbons (Fsp3) is 0.0769. The van der Waals surface area contributed by atoms with E-state index in [2.05, 4.69) is 37.3 Å². The Balaban J connectivity index is 2.58. The van der Waals surface area contributed by atoms with E-state index in [4.69, 9.17) is 5.84 Å². The summed E-state index contributed by atoms with van der Waals surface area (Å²) < 4.78 is 41.9. The third-order valence-electron chi connectivity index (χ3n) is 2.81. The van der Waals surface area contributed by atoms with Crippen LogP contribution >= 0.6 is 31.9 Å². The van der Waals surface area contributed by atoms with Gasteiger partial charge in [-0.15, -0.1) is 0 Å². The van der Waals surface area contributed by atoms with Gasteiger partial charge >= 0.3 is 0 Å². The summed E-state index contributed by atoms with van der Waals surface area (Å²) in [7, 11) is 0. The smallest absolute Gasteiger partial charge is 0.145 e. The molecule has 1 unspecified atom stereocenters. The number of rotatable bonds is 3. The van der Waals surface area contributed by atoms with E-state index >= 15 is 0 Å². The summed E-state index contributed by atoms with van der Waals surface area (Å²) in [6.45, 7) is 0. The Bertz CT molecular complexity index is 650. The highest BCUT2D eigenvalue weighted by molar-refractivity contribution is 9.10. The number of hydrazine groups is 1. The summed E-state index contributed by atoms with van der Waals surface area (Å²) in [5.74, 6) is 3.29. The van der Waals surface area contributed by atoms with Gasteiger partial charge in [-0.1, -0.05) is 6.07 Å². The molecule has 0 aromatic heterocycles. The summed E-state index contributed by atoms with van der Waals surface area (Å²) in [6, 6.07) is 5.50. The highest BCUT2D eigenvalue weighted by Crippen LogP contribution is 2.31. The number of nitrogens with two attached hydrogens (primary N) is 1. The van der Waals surface area contributed by atoms with Crippen molar-refractivity contribution in [3.05, 3.63) is 67.9 Å². The zero-order valence-corrected chi connectivity index (χ0v) is 13.1. The quantitative estimate of drug-likeness (QED) is 0.453. The normalized spacial score (nSPS) is 12.5. The Hall–Kier alpha value is -0.890. The largest absolute Gasteiger partial charge is 0.271 e.